The summed E-state index contributed by atoms with van der Waals surface area (Å²) in [4.78, 5) is 20.1. The van der Waals surface area contributed by atoms with Crippen molar-refractivity contribution in [3.8, 4) is 11.3 Å². The van der Waals surface area contributed by atoms with E-state index in [9.17, 15) is 4.79 Å². The molecule has 3 aromatic heterocycles. The molecule has 1 amide bonds. The number of carbonyl (C=O) groups is 1. The summed E-state index contributed by atoms with van der Waals surface area (Å²) in [5, 5.41) is 13.1. The van der Waals surface area contributed by atoms with Gasteiger partial charge in [0.15, 0.2) is 17.3 Å². The third-order valence-electron chi connectivity index (χ3n) is 4.27. The second-order valence-corrected chi connectivity index (χ2v) is 7.13. The van der Waals surface area contributed by atoms with Crippen molar-refractivity contribution >= 4 is 45.6 Å². The maximum Gasteiger partial charge on any atom is 0.239 e. The molecule has 0 aliphatic carbocycles. The Hall–Kier alpha value is -3.24. The average Bonchev–Trinajstić information content (AvgIpc) is 3.31. The van der Waals surface area contributed by atoms with Crippen LogP contribution in [0.3, 0.4) is 0 Å². The van der Waals surface area contributed by atoms with Crippen LogP contribution in [0.1, 0.15) is 13.8 Å². The second kappa shape index (κ2) is 7.30. The van der Waals surface area contributed by atoms with Gasteiger partial charge in [0.05, 0.1) is 47.1 Å². The first-order valence-corrected chi connectivity index (χ1v) is 9.22. The van der Waals surface area contributed by atoms with Crippen molar-refractivity contribution in [2.45, 2.75) is 19.9 Å². The number of nitrogens with one attached hydrogen (secondary N) is 3. The van der Waals surface area contributed by atoms with E-state index in [4.69, 9.17) is 17.3 Å². The van der Waals surface area contributed by atoms with Crippen LogP contribution in [0.4, 0.5) is 15.9 Å². The van der Waals surface area contributed by atoms with Gasteiger partial charge in [-0.3, -0.25) is 14.9 Å². The first-order valence-electron chi connectivity index (χ1n) is 8.84. The summed E-state index contributed by atoms with van der Waals surface area (Å²) in [5.74, 6) is -0.614. The van der Waals surface area contributed by atoms with Gasteiger partial charge in [0.25, 0.3) is 0 Å². The smallest absolute Gasteiger partial charge is 0.239 e. The lowest BCUT2D eigenvalue weighted by Crippen LogP contribution is -2.21. The van der Waals surface area contributed by atoms with Crippen LogP contribution in [-0.2, 0) is 4.79 Å². The minimum absolute atomic E-state index is 0.000456. The Morgan fingerprint density at radius 3 is 2.90 bits per heavy atom. The molecule has 11 heteroatoms. The molecule has 0 unspecified atom stereocenters. The number of amides is 1. The third kappa shape index (κ3) is 3.36. The summed E-state index contributed by atoms with van der Waals surface area (Å²) in [5.41, 5.74) is 7.40. The van der Waals surface area contributed by atoms with E-state index in [1.165, 1.54) is 6.20 Å². The summed E-state index contributed by atoms with van der Waals surface area (Å²) in [6.45, 7) is 3.65. The molecule has 5 N–H and O–H groups in total. The molecule has 0 saturated heterocycles. The number of fused-ring (bicyclic) bond motifs is 2. The Morgan fingerprint density at radius 1 is 1.38 bits per heavy atom. The zero-order chi connectivity index (χ0) is 20.7. The maximum atomic E-state index is 15.1. The van der Waals surface area contributed by atoms with E-state index in [0.29, 0.717) is 33.6 Å². The summed E-state index contributed by atoms with van der Waals surface area (Å²) in [6.07, 6.45) is 6.35. The molecule has 0 spiro atoms. The summed E-state index contributed by atoms with van der Waals surface area (Å²) >= 11 is 6.40. The average molecular weight is 417 g/mol. The van der Waals surface area contributed by atoms with Crippen LogP contribution in [0.25, 0.3) is 27.8 Å². The minimum atomic E-state index is -0.587. The van der Waals surface area contributed by atoms with Crippen molar-refractivity contribution in [2.24, 2.45) is 5.73 Å². The van der Waals surface area contributed by atoms with Gasteiger partial charge in [0.1, 0.15) is 0 Å². The fourth-order valence-corrected chi connectivity index (χ4v) is 3.36. The van der Waals surface area contributed by atoms with Crippen LogP contribution < -0.4 is 16.4 Å². The van der Waals surface area contributed by atoms with Crippen LogP contribution in [0, 0.1) is 5.82 Å². The molecular formula is C18H18ClFN8O. The topological polar surface area (TPSA) is 126 Å². The molecule has 0 radical (unpaired) electrons. The van der Waals surface area contributed by atoms with Gasteiger partial charge in [0, 0.05) is 23.2 Å². The molecule has 150 valence electrons. The third-order valence-corrected chi connectivity index (χ3v) is 4.63. The van der Waals surface area contributed by atoms with E-state index < -0.39 is 5.82 Å². The number of halogens is 2. The quantitative estimate of drug-likeness (QED) is 0.396. The summed E-state index contributed by atoms with van der Waals surface area (Å²) in [7, 11) is 0. The highest BCUT2D eigenvalue weighted by Gasteiger charge is 2.22. The van der Waals surface area contributed by atoms with E-state index in [1.807, 2.05) is 13.8 Å². The number of aromatic amines is 1. The van der Waals surface area contributed by atoms with E-state index >= 15 is 4.39 Å². The lowest BCUT2D eigenvalue weighted by molar-refractivity contribution is -0.114. The van der Waals surface area contributed by atoms with Gasteiger partial charge >= 0.3 is 0 Å². The standard InChI is InChI=1S/C18H18ClFN8O/c1-8(2)24-18-16(20)15(19)14(9-4-23-27-17(9)18)10-6-28-7-11(26-13(29)3-21)25-12(28)5-22-10/h4-8,24H,3,21H2,1-2H3,(H,23,27)(H,26,29). The molecule has 0 aliphatic heterocycles. The van der Waals surface area contributed by atoms with Gasteiger partial charge in [-0.05, 0) is 13.8 Å². The second-order valence-electron chi connectivity index (χ2n) is 6.75. The summed E-state index contributed by atoms with van der Waals surface area (Å²) in [6, 6.07) is 0.000456. The highest BCUT2D eigenvalue weighted by Crippen LogP contribution is 2.40. The minimum Gasteiger partial charge on any atom is -0.379 e. The monoisotopic (exact) mass is 416 g/mol. The molecule has 0 aliphatic rings. The predicted octanol–water partition coefficient (Wildman–Crippen LogP) is 2.78. The molecule has 29 heavy (non-hydrogen) atoms. The molecule has 9 nitrogen and oxygen atoms in total. The van der Waals surface area contributed by atoms with Gasteiger partial charge in [-0.15, -0.1) is 0 Å². The van der Waals surface area contributed by atoms with Crippen molar-refractivity contribution < 1.29 is 9.18 Å². The SMILES string of the molecule is CC(C)Nc1c(F)c(Cl)c(-c2cn3cc(NC(=O)CN)nc3cn2)c2cn[nH]c12. The Kier molecular flexibility index (Phi) is 4.81. The number of benzene rings is 1. The van der Waals surface area contributed by atoms with Gasteiger partial charge in [-0.25, -0.2) is 9.37 Å². The zero-order valence-corrected chi connectivity index (χ0v) is 16.4. The summed E-state index contributed by atoms with van der Waals surface area (Å²) < 4.78 is 16.7. The molecule has 0 fully saturated rings. The van der Waals surface area contributed by atoms with Gasteiger partial charge in [-0.2, -0.15) is 5.10 Å². The number of rotatable bonds is 5. The number of carbonyl (C=O) groups excluding carboxylic acids is 1. The van der Waals surface area contributed by atoms with Crippen molar-refractivity contribution in [2.75, 3.05) is 17.2 Å². The number of hydrogen-bond donors (Lipinski definition) is 4. The lowest BCUT2D eigenvalue weighted by Gasteiger charge is -2.15. The molecule has 0 bridgehead atoms. The number of hydrogen-bond acceptors (Lipinski definition) is 6. The normalized spacial score (nSPS) is 11.5. The molecule has 4 rings (SSSR count). The fraction of sp³-hybridized carbons (Fsp3) is 0.222. The largest absolute Gasteiger partial charge is 0.379 e. The van der Waals surface area contributed by atoms with Crippen molar-refractivity contribution in [3.63, 3.8) is 0 Å². The number of nitrogens with zero attached hydrogens (tertiary/aromatic N) is 4. The van der Waals surface area contributed by atoms with E-state index in [2.05, 4.69) is 30.8 Å². The zero-order valence-electron chi connectivity index (χ0n) is 15.6. The molecule has 1 aromatic carbocycles. The van der Waals surface area contributed by atoms with Crippen LogP contribution >= 0.6 is 11.6 Å². The molecule has 0 atom stereocenters. The highest BCUT2D eigenvalue weighted by atomic mass is 35.5. The Bertz CT molecular complexity index is 1230. The number of imidazole rings is 1. The van der Waals surface area contributed by atoms with Gasteiger partial charge in [0.2, 0.25) is 5.91 Å². The maximum absolute atomic E-state index is 15.1. The molecular weight excluding hydrogens is 399 g/mol. The van der Waals surface area contributed by atoms with Crippen molar-refractivity contribution in [3.05, 3.63) is 35.6 Å². The van der Waals surface area contributed by atoms with Crippen LogP contribution in [0.15, 0.2) is 24.8 Å². The number of anilines is 2. The molecule has 3 heterocycles. The van der Waals surface area contributed by atoms with E-state index in [-0.39, 0.29) is 29.2 Å². The highest BCUT2D eigenvalue weighted by molar-refractivity contribution is 6.35. The fourth-order valence-electron chi connectivity index (χ4n) is 3.07. The predicted molar refractivity (Wildman–Crippen MR) is 109 cm³/mol. The molecule has 4 aromatic rings. The first kappa shape index (κ1) is 19.1. The number of aromatic nitrogens is 5. The van der Waals surface area contributed by atoms with Crippen LogP contribution in [0.5, 0.6) is 0 Å². The lowest BCUT2D eigenvalue weighted by atomic mass is 10.1. The van der Waals surface area contributed by atoms with E-state index in [1.54, 1.807) is 23.0 Å². The van der Waals surface area contributed by atoms with Gasteiger partial charge < -0.3 is 20.8 Å². The Labute approximate surface area is 169 Å². The molecule has 0 saturated carbocycles. The Balaban J connectivity index is 1.86. The van der Waals surface area contributed by atoms with Crippen LogP contribution in [-0.4, -0.2) is 43.1 Å². The van der Waals surface area contributed by atoms with Crippen molar-refractivity contribution in [1.29, 1.82) is 0 Å². The number of H-pyrrole nitrogens is 1. The first-order chi connectivity index (χ1) is 13.9. The van der Waals surface area contributed by atoms with Gasteiger partial charge in [-0.1, -0.05) is 11.6 Å². The van der Waals surface area contributed by atoms with E-state index in [0.717, 1.165) is 0 Å². The Morgan fingerprint density at radius 2 is 2.17 bits per heavy atom. The number of nitrogens with two attached hydrogens (primary N) is 1. The van der Waals surface area contributed by atoms with Crippen molar-refractivity contribution in [1.82, 2.24) is 24.6 Å². The van der Waals surface area contributed by atoms with Crippen LogP contribution in [0.2, 0.25) is 5.02 Å².